The Balaban J connectivity index is 0.000000292. The van der Waals surface area contributed by atoms with Gasteiger partial charge in [0, 0.05) is 13.0 Å². The lowest BCUT2D eigenvalue weighted by Crippen LogP contribution is -2.33. The van der Waals surface area contributed by atoms with E-state index in [2.05, 4.69) is 32.2 Å². The number of anilines is 1. The summed E-state index contributed by atoms with van der Waals surface area (Å²) in [5.74, 6) is 1.20. The Labute approximate surface area is 224 Å². The molecule has 6 N–H and O–H groups in total. The molecule has 0 aliphatic carbocycles. The van der Waals surface area contributed by atoms with E-state index in [0.717, 1.165) is 48.3 Å². The van der Waals surface area contributed by atoms with Crippen LogP contribution in [-0.2, 0) is 12.8 Å². The van der Waals surface area contributed by atoms with E-state index in [0.29, 0.717) is 35.3 Å². The number of urea groups is 1. The van der Waals surface area contributed by atoms with E-state index in [4.69, 9.17) is 15.9 Å². The number of hydroxylamine groups is 1. The second kappa shape index (κ2) is 13.1. The maximum Gasteiger partial charge on any atom is 0.338 e. The van der Waals surface area contributed by atoms with Gasteiger partial charge in [0.2, 0.25) is 0 Å². The summed E-state index contributed by atoms with van der Waals surface area (Å²) in [5.41, 5.74) is 10.8. The summed E-state index contributed by atoms with van der Waals surface area (Å²) >= 11 is 0. The van der Waals surface area contributed by atoms with Crippen molar-refractivity contribution in [3.63, 3.8) is 0 Å². The van der Waals surface area contributed by atoms with Crippen LogP contribution in [0.1, 0.15) is 37.6 Å². The van der Waals surface area contributed by atoms with Gasteiger partial charge in [-0.05, 0) is 49.4 Å². The van der Waals surface area contributed by atoms with Gasteiger partial charge in [-0.1, -0.05) is 37.3 Å². The topological polar surface area (TPSA) is 177 Å². The van der Waals surface area contributed by atoms with Gasteiger partial charge in [0.1, 0.15) is 17.7 Å². The van der Waals surface area contributed by atoms with Gasteiger partial charge in [0.25, 0.3) is 5.56 Å². The molecule has 0 aliphatic heterocycles. The number of rotatable bonds is 8. The van der Waals surface area contributed by atoms with Crippen molar-refractivity contribution >= 4 is 33.9 Å². The van der Waals surface area contributed by atoms with E-state index >= 15 is 0 Å². The number of carbonyl (C=O) groups excluding carboxylic acids is 1. The molecule has 0 radical (unpaired) electrons. The highest BCUT2D eigenvalue weighted by Gasteiger charge is 2.15. The van der Waals surface area contributed by atoms with Crippen LogP contribution in [0, 0.1) is 0 Å². The van der Waals surface area contributed by atoms with E-state index in [-0.39, 0.29) is 5.56 Å². The quantitative estimate of drug-likeness (QED) is 0.115. The van der Waals surface area contributed by atoms with Crippen molar-refractivity contribution in [3.05, 3.63) is 82.9 Å². The SMILES string of the molecule is CCCc1nc2cccc(CCCCNC(=O)NO)c2c(=O)n1-c1ccccc1.Nc1ncnc2nc[nH]c12. The first kappa shape index (κ1) is 27.2. The molecule has 202 valence electrons. The highest BCUT2D eigenvalue weighted by atomic mass is 16.5. The molecule has 0 aliphatic rings. The highest BCUT2D eigenvalue weighted by Crippen LogP contribution is 2.19. The van der Waals surface area contributed by atoms with Crippen molar-refractivity contribution in [2.75, 3.05) is 12.3 Å². The van der Waals surface area contributed by atoms with Crippen molar-refractivity contribution in [2.24, 2.45) is 0 Å². The van der Waals surface area contributed by atoms with Crippen LogP contribution in [0.25, 0.3) is 27.8 Å². The minimum absolute atomic E-state index is 0.0435. The lowest BCUT2D eigenvalue weighted by Gasteiger charge is -2.15. The smallest absolute Gasteiger partial charge is 0.338 e. The molecule has 0 unspecified atom stereocenters. The Bertz CT molecular complexity index is 1600. The molecule has 2 amide bonds. The number of nitrogen functional groups attached to an aromatic ring is 1. The monoisotopic (exact) mass is 529 g/mol. The van der Waals surface area contributed by atoms with E-state index < -0.39 is 6.03 Å². The Morgan fingerprint density at radius 1 is 1.05 bits per heavy atom. The van der Waals surface area contributed by atoms with E-state index in [1.807, 2.05) is 48.5 Å². The third kappa shape index (κ3) is 6.54. The number of unbranched alkanes of at least 4 members (excludes halogenated alkanes) is 1. The van der Waals surface area contributed by atoms with Crippen LogP contribution in [0.15, 0.2) is 66.0 Å². The van der Waals surface area contributed by atoms with Gasteiger partial charge in [-0.15, -0.1) is 0 Å². The second-order valence-corrected chi connectivity index (χ2v) is 8.75. The van der Waals surface area contributed by atoms with Crippen molar-refractivity contribution in [1.29, 1.82) is 0 Å². The molecule has 3 heterocycles. The Kier molecular flexibility index (Phi) is 9.14. The van der Waals surface area contributed by atoms with Gasteiger partial charge in [0.05, 0.1) is 22.9 Å². The number of nitrogens with two attached hydrogens (primary N) is 1. The second-order valence-electron chi connectivity index (χ2n) is 8.75. The average molecular weight is 530 g/mol. The minimum atomic E-state index is -0.617. The molecule has 0 saturated heterocycles. The van der Waals surface area contributed by atoms with Crippen LogP contribution in [0.3, 0.4) is 0 Å². The van der Waals surface area contributed by atoms with Gasteiger partial charge < -0.3 is 16.0 Å². The van der Waals surface area contributed by atoms with Crippen LogP contribution >= 0.6 is 0 Å². The summed E-state index contributed by atoms with van der Waals surface area (Å²) in [5, 5.41) is 11.7. The fraction of sp³-hybridized carbons (Fsp3) is 0.259. The number of carbonyl (C=O) groups is 1. The number of aryl methyl sites for hydroxylation is 2. The van der Waals surface area contributed by atoms with Crippen molar-refractivity contribution in [2.45, 2.75) is 39.0 Å². The number of benzene rings is 2. The number of amides is 2. The zero-order chi connectivity index (χ0) is 27.6. The number of nitrogens with zero attached hydrogens (tertiary/aromatic N) is 5. The van der Waals surface area contributed by atoms with E-state index in [1.54, 1.807) is 10.0 Å². The van der Waals surface area contributed by atoms with Gasteiger partial charge >= 0.3 is 6.03 Å². The Hall–Kier alpha value is -4.84. The molecular weight excluding hydrogens is 498 g/mol. The lowest BCUT2D eigenvalue weighted by atomic mass is 10.0. The first-order chi connectivity index (χ1) is 19.0. The summed E-state index contributed by atoms with van der Waals surface area (Å²) in [6.45, 7) is 2.53. The molecule has 0 fully saturated rings. The zero-order valence-corrected chi connectivity index (χ0v) is 21.6. The van der Waals surface area contributed by atoms with Crippen molar-refractivity contribution in [1.82, 2.24) is 40.3 Å². The molecule has 5 aromatic rings. The van der Waals surface area contributed by atoms with Gasteiger partial charge in [0.15, 0.2) is 11.5 Å². The predicted molar refractivity (Wildman–Crippen MR) is 149 cm³/mol. The molecule has 12 heteroatoms. The van der Waals surface area contributed by atoms with Crippen molar-refractivity contribution < 1.29 is 10.0 Å². The molecule has 39 heavy (non-hydrogen) atoms. The molecule has 2 aromatic carbocycles. The summed E-state index contributed by atoms with van der Waals surface area (Å²) in [6.07, 6.45) is 6.79. The molecule has 3 aromatic heterocycles. The molecule has 0 atom stereocenters. The molecular formula is C27H31N9O3. The fourth-order valence-corrected chi connectivity index (χ4v) is 4.25. The zero-order valence-electron chi connectivity index (χ0n) is 21.6. The Morgan fingerprint density at radius 2 is 1.87 bits per heavy atom. The minimum Gasteiger partial charge on any atom is -0.382 e. The van der Waals surface area contributed by atoms with Crippen molar-refractivity contribution in [3.8, 4) is 5.69 Å². The van der Waals surface area contributed by atoms with Gasteiger partial charge in [-0.2, -0.15) is 0 Å². The van der Waals surface area contributed by atoms with Crippen LogP contribution < -0.4 is 22.1 Å². The number of hydrogen-bond acceptors (Lipinski definition) is 8. The third-order valence-corrected chi connectivity index (χ3v) is 6.05. The number of nitrogens with one attached hydrogen (secondary N) is 3. The average Bonchev–Trinajstić information content (AvgIpc) is 3.44. The van der Waals surface area contributed by atoms with E-state index in [9.17, 15) is 9.59 Å². The van der Waals surface area contributed by atoms with Crippen LogP contribution in [-0.4, -0.2) is 47.3 Å². The van der Waals surface area contributed by atoms with Crippen LogP contribution in [0.2, 0.25) is 0 Å². The number of H-pyrrole nitrogens is 1. The summed E-state index contributed by atoms with van der Waals surface area (Å²) in [6, 6.07) is 14.8. The number of hydrogen-bond donors (Lipinski definition) is 5. The highest BCUT2D eigenvalue weighted by molar-refractivity contribution is 5.82. The maximum absolute atomic E-state index is 13.5. The van der Waals surface area contributed by atoms with Crippen LogP contribution in [0.4, 0.5) is 10.6 Å². The fourth-order valence-electron chi connectivity index (χ4n) is 4.25. The Morgan fingerprint density at radius 3 is 2.62 bits per heavy atom. The predicted octanol–water partition coefficient (Wildman–Crippen LogP) is 3.28. The van der Waals surface area contributed by atoms with Crippen LogP contribution in [0.5, 0.6) is 0 Å². The number of aromatic amines is 1. The number of aromatic nitrogens is 6. The summed E-state index contributed by atoms with van der Waals surface area (Å²) in [4.78, 5) is 43.7. The molecule has 0 saturated carbocycles. The first-order valence-corrected chi connectivity index (χ1v) is 12.7. The number of para-hydroxylation sites is 1. The number of fused-ring (bicyclic) bond motifs is 2. The molecule has 0 spiro atoms. The lowest BCUT2D eigenvalue weighted by molar-refractivity contribution is 0.161. The molecule has 5 rings (SSSR count). The van der Waals surface area contributed by atoms with Gasteiger partial charge in [-0.3, -0.25) is 14.6 Å². The maximum atomic E-state index is 13.5. The summed E-state index contributed by atoms with van der Waals surface area (Å²) in [7, 11) is 0. The molecule has 0 bridgehead atoms. The molecule has 12 nitrogen and oxygen atoms in total. The van der Waals surface area contributed by atoms with E-state index in [1.165, 1.54) is 12.7 Å². The first-order valence-electron chi connectivity index (χ1n) is 12.7. The third-order valence-electron chi connectivity index (χ3n) is 6.05. The number of imidazole rings is 1. The van der Waals surface area contributed by atoms with Gasteiger partial charge in [-0.25, -0.2) is 30.2 Å². The standard InChI is InChI=1S/C22H26N4O3.C5H5N5/c1-2-9-19-24-18-14-8-11-16(10-6-7-15-23-22(28)25-29)20(18)21(27)26(19)17-12-4-3-5-13-17;6-4-3-5(9-1-7-3)10-2-8-4/h3-5,8,11-14,29H,2,6-7,9-10,15H2,1H3,(H2,23,25,28);1-2H,(H3,6,7,8,9,10). The summed E-state index contributed by atoms with van der Waals surface area (Å²) < 4.78 is 1.72. The largest absolute Gasteiger partial charge is 0.382 e. The normalized spacial score (nSPS) is 10.7.